The quantitative estimate of drug-likeness (QED) is 0.761. The molecule has 1 aliphatic carbocycles. The van der Waals surface area contributed by atoms with Gasteiger partial charge in [-0.1, -0.05) is 31.5 Å². The Morgan fingerprint density at radius 3 is 2.80 bits per heavy atom. The highest BCUT2D eigenvalue weighted by molar-refractivity contribution is 6.29. The monoisotopic (exact) mass is 226 g/mol. The summed E-state index contributed by atoms with van der Waals surface area (Å²) in [6.45, 7) is 4.09. The van der Waals surface area contributed by atoms with Gasteiger partial charge in [-0.15, -0.1) is 0 Å². The standard InChI is InChI=1S/C11H15ClN2O/c1-11(2)7(6-8(11)15)13-10-5-3-4-9(12)14-10/h3-5,7-8,15H,6H2,1-2H3,(H,13,14). The zero-order chi connectivity index (χ0) is 11.1. The minimum Gasteiger partial charge on any atom is -0.392 e. The van der Waals surface area contributed by atoms with Crippen LogP contribution in [0.5, 0.6) is 0 Å². The Balaban J connectivity index is 2.05. The molecule has 82 valence electrons. The number of pyridine rings is 1. The van der Waals surface area contributed by atoms with Crippen molar-refractivity contribution in [3.05, 3.63) is 23.4 Å². The van der Waals surface area contributed by atoms with Crippen LogP contribution in [0, 0.1) is 5.41 Å². The van der Waals surface area contributed by atoms with Crippen molar-refractivity contribution < 1.29 is 5.11 Å². The van der Waals surface area contributed by atoms with Gasteiger partial charge in [0.2, 0.25) is 0 Å². The maximum Gasteiger partial charge on any atom is 0.131 e. The normalized spacial score (nSPS) is 28.3. The molecule has 1 aliphatic rings. The molecule has 2 unspecified atom stereocenters. The Morgan fingerprint density at radius 1 is 1.53 bits per heavy atom. The summed E-state index contributed by atoms with van der Waals surface area (Å²) in [5.41, 5.74) is -0.0933. The van der Waals surface area contributed by atoms with E-state index in [1.54, 1.807) is 6.07 Å². The van der Waals surface area contributed by atoms with Gasteiger partial charge in [0.05, 0.1) is 6.10 Å². The van der Waals surface area contributed by atoms with E-state index < -0.39 is 0 Å². The van der Waals surface area contributed by atoms with Crippen LogP contribution in [0.1, 0.15) is 20.3 Å². The molecule has 2 rings (SSSR count). The third-order valence-electron chi connectivity index (χ3n) is 3.25. The number of hydrogen-bond acceptors (Lipinski definition) is 3. The zero-order valence-corrected chi connectivity index (χ0v) is 9.62. The second kappa shape index (κ2) is 3.65. The molecule has 1 aromatic heterocycles. The van der Waals surface area contributed by atoms with Crippen LogP contribution >= 0.6 is 11.6 Å². The van der Waals surface area contributed by atoms with Crippen LogP contribution in [-0.2, 0) is 0 Å². The molecule has 3 nitrogen and oxygen atoms in total. The van der Waals surface area contributed by atoms with Crippen LogP contribution in [0.2, 0.25) is 5.15 Å². The number of rotatable bonds is 2. The fourth-order valence-electron chi connectivity index (χ4n) is 1.81. The van der Waals surface area contributed by atoms with E-state index in [4.69, 9.17) is 11.6 Å². The fraction of sp³-hybridized carbons (Fsp3) is 0.545. The lowest BCUT2D eigenvalue weighted by Crippen LogP contribution is -2.57. The van der Waals surface area contributed by atoms with E-state index >= 15 is 0 Å². The van der Waals surface area contributed by atoms with Gasteiger partial charge < -0.3 is 10.4 Å². The Labute approximate surface area is 94.5 Å². The topological polar surface area (TPSA) is 45.1 Å². The number of aromatic nitrogens is 1. The van der Waals surface area contributed by atoms with Gasteiger partial charge in [-0.25, -0.2) is 4.98 Å². The van der Waals surface area contributed by atoms with E-state index in [2.05, 4.69) is 10.3 Å². The van der Waals surface area contributed by atoms with Crippen molar-refractivity contribution in [2.75, 3.05) is 5.32 Å². The summed E-state index contributed by atoms with van der Waals surface area (Å²) in [6.07, 6.45) is 0.537. The predicted molar refractivity (Wildman–Crippen MR) is 61.1 cm³/mol. The smallest absolute Gasteiger partial charge is 0.131 e. The van der Waals surface area contributed by atoms with Crippen LogP contribution in [0.25, 0.3) is 0 Å². The first-order chi connectivity index (χ1) is 7.00. The maximum atomic E-state index is 9.59. The third kappa shape index (κ3) is 1.94. The molecule has 4 heteroatoms. The van der Waals surface area contributed by atoms with Crippen molar-refractivity contribution in [2.24, 2.45) is 5.41 Å². The largest absolute Gasteiger partial charge is 0.392 e. The number of halogens is 1. The van der Waals surface area contributed by atoms with E-state index in [1.165, 1.54) is 0 Å². The minimum absolute atomic E-state index is 0.0933. The van der Waals surface area contributed by atoms with Gasteiger partial charge in [-0.05, 0) is 18.6 Å². The van der Waals surface area contributed by atoms with Crippen molar-refractivity contribution in [1.29, 1.82) is 0 Å². The first kappa shape index (κ1) is 10.7. The molecule has 0 amide bonds. The van der Waals surface area contributed by atoms with Gasteiger partial charge in [0.1, 0.15) is 11.0 Å². The van der Waals surface area contributed by atoms with E-state index in [9.17, 15) is 5.11 Å². The lowest BCUT2D eigenvalue weighted by molar-refractivity contribution is -0.0511. The zero-order valence-electron chi connectivity index (χ0n) is 8.87. The number of anilines is 1. The lowest BCUT2D eigenvalue weighted by Gasteiger charge is -2.49. The molecule has 0 spiro atoms. The summed E-state index contributed by atoms with van der Waals surface area (Å²) < 4.78 is 0. The first-order valence-corrected chi connectivity index (χ1v) is 5.45. The highest BCUT2D eigenvalue weighted by atomic mass is 35.5. The fourth-order valence-corrected chi connectivity index (χ4v) is 1.98. The number of nitrogens with zero attached hydrogens (tertiary/aromatic N) is 1. The average Bonchev–Trinajstić information content (AvgIpc) is 2.17. The Bertz CT molecular complexity index is 367. The van der Waals surface area contributed by atoms with E-state index in [-0.39, 0.29) is 17.6 Å². The van der Waals surface area contributed by atoms with Gasteiger partial charge in [-0.3, -0.25) is 0 Å². The van der Waals surface area contributed by atoms with Gasteiger partial charge >= 0.3 is 0 Å². The molecule has 2 N–H and O–H groups in total. The lowest BCUT2D eigenvalue weighted by atomic mass is 9.64. The summed E-state index contributed by atoms with van der Waals surface area (Å²) in [6, 6.07) is 5.75. The van der Waals surface area contributed by atoms with Gasteiger partial charge in [0.15, 0.2) is 0 Å². The highest BCUT2D eigenvalue weighted by Gasteiger charge is 2.47. The summed E-state index contributed by atoms with van der Waals surface area (Å²) in [5, 5.41) is 13.4. The summed E-state index contributed by atoms with van der Waals surface area (Å²) in [5.74, 6) is 0.771. The van der Waals surface area contributed by atoms with E-state index in [0.717, 1.165) is 12.2 Å². The molecule has 15 heavy (non-hydrogen) atoms. The van der Waals surface area contributed by atoms with Crippen LogP contribution in [0.4, 0.5) is 5.82 Å². The van der Waals surface area contributed by atoms with Crippen molar-refractivity contribution in [2.45, 2.75) is 32.4 Å². The minimum atomic E-state index is -0.228. The molecule has 0 aromatic carbocycles. The molecule has 0 bridgehead atoms. The SMILES string of the molecule is CC1(C)C(O)CC1Nc1cccc(Cl)n1. The van der Waals surface area contributed by atoms with Crippen molar-refractivity contribution in [3.8, 4) is 0 Å². The third-order valence-corrected chi connectivity index (χ3v) is 3.46. The van der Waals surface area contributed by atoms with Gasteiger partial charge in [0, 0.05) is 11.5 Å². The molecule has 0 saturated heterocycles. The molecule has 0 aliphatic heterocycles. The summed E-state index contributed by atoms with van der Waals surface area (Å²) >= 11 is 5.79. The van der Waals surface area contributed by atoms with Crippen molar-refractivity contribution in [3.63, 3.8) is 0 Å². The number of aliphatic hydroxyl groups excluding tert-OH is 1. The Hall–Kier alpha value is -0.800. The van der Waals surface area contributed by atoms with Crippen LogP contribution in [-0.4, -0.2) is 22.2 Å². The molecule has 1 fully saturated rings. The second-order valence-electron chi connectivity index (χ2n) is 4.62. The second-order valence-corrected chi connectivity index (χ2v) is 5.00. The number of hydrogen-bond donors (Lipinski definition) is 2. The Morgan fingerprint density at radius 2 is 2.27 bits per heavy atom. The summed E-state index contributed by atoms with van der Waals surface area (Å²) in [4.78, 5) is 4.16. The molecule has 1 aromatic rings. The molecule has 0 radical (unpaired) electrons. The van der Waals surface area contributed by atoms with Gasteiger partial charge in [-0.2, -0.15) is 0 Å². The van der Waals surface area contributed by atoms with E-state index in [1.807, 2.05) is 26.0 Å². The molecule has 2 atom stereocenters. The molecular weight excluding hydrogens is 212 g/mol. The first-order valence-electron chi connectivity index (χ1n) is 5.07. The predicted octanol–water partition coefficient (Wildman–Crippen LogP) is 2.31. The van der Waals surface area contributed by atoms with Crippen molar-refractivity contribution >= 4 is 17.4 Å². The van der Waals surface area contributed by atoms with Crippen LogP contribution < -0.4 is 5.32 Å². The van der Waals surface area contributed by atoms with Crippen LogP contribution in [0.15, 0.2) is 18.2 Å². The van der Waals surface area contributed by atoms with Crippen molar-refractivity contribution in [1.82, 2.24) is 4.98 Å². The molecule has 1 saturated carbocycles. The molecular formula is C11H15ClN2O. The van der Waals surface area contributed by atoms with Crippen LogP contribution in [0.3, 0.4) is 0 Å². The Kier molecular flexibility index (Phi) is 2.61. The maximum absolute atomic E-state index is 9.59. The number of nitrogens with one attached hydrogen (secondary N) is 1. The number of aliphatic hydroxyl groups is 1. The average molecular weight is 227 g/mol. The van der Waals surface area contributed by atoms with Gasteiger partial charge in [0.25, 0.3) is 0 Å². The summed E-state index contributed by atoms with van der Waals surface area (Å²) in [7, 11) is 0. The highest BCUT2D eigenvalue weighted by Crippen LogP contribution is 2.41. The van der Waals surface area contributed by atoms with E-state index in [0.29, 0.717) is 5.15 Å². The molecule has 1 heterocycles.